The summed E-state index contributed by atoms with van der Waals surface area (Å²) in [6.07, 6.45) is 3.88. The lowest BCUT2D eigenvalue weighted by Crippen LogP contribution is -2.29. The number of rotatable bonds is 6. The van der Waals surface area contributed by atoms with E-state index in [1.165, 1.54) is 24.8 Å². The Morgan fingerprint density at radius 1 is 0.846 bits per heavy atom. The summed E-state index contributed by atoms with van der Waals surface area (Å²) < 4.78 is 4.96. The van der Waals surface area contributed by atoms with Crippen LogP contribution >= 0.6 is 0 Å². The van der Waals surface area contributed by atoms with E-state index in [9.17, 15) is 9.59 Å². The van der Waals surface area contributed by atoms with Crippen LogP contribution in [0.4, 0.5) is 0 Å². The maximum Gasteiger partial charge on any atom is 0.338 e. The van der Waals surface area contributed by atoms with E-state index < -0.39 is 0 Å². The molecule has 2 aromatic carbocycles. The van der Waals surface area contributed by atoms with Gasteiger partial charge in [-0.25, -0.2) is 4.79 Å². The van der Waals surface area contributed by atoms with Crippen molar-refractivity contribution in [3.05, 3.63) is 70.8 Å². The van der Waals surface area contributed by atoms with Crippen molar-refractivity contribution in [1.29, 1.82) is 0 Å². The molecule has 2 aromatic rings. The van der Waals surface area contributed by atoms with Gasteiger partial charge in [0.05, 0.1) is 12.2 Å². The van der Waals surface area contributed by atoms with E-state index in [4.69, 9.17) is 4.74 Å². The highest BCUT2D eigenvalue weighted by atomic mass is 16.5. The fraction of sp³-hybridized carbons (Fsp3) is 0.364. The number of likely N-dealkylation sites (tertiary alicyclic amines) is 1. The maximum absolute atomic E-state index is 12.6. The molecule has 0 radical (unpaired) electrons. The molecule has 1 heterocycles. The number of ketones is 1. The van der Waals surface area contributed by atoms with Crippen molar-refractivity contribution >= 4 is 11.8 Å². The van der Waals surface area contributed by atoms with E-state index in [0.29, 0.717) is 23.3 Å². The Labute approximate surface area is 154 Å². The Bertz CT molecular complexity index is 744. The lowest BCUT2D eigenvalue weighted by molar-refractivity contribution is 0.0526. The van der Waals surface area contributed by atoms with Crippen molar-refractivity contribution in [3.8, 4) is 0 Å². The first kappa shape index (κ1) is 18.3. The van der Waals surface area contributed by atoms with E-state index >= 15 is 0 Å². The highest BCUT2D eigenvalue weighted by Gasteiger charge is 2.13. The largest absolute Gasteiger partial charge is 0.462 e. The fourth-order valence-electron chi connectivity index (χ4n) is 3.28. The lowest BCUT2D eigenvalue weighted by Gasteiger charge is -2.26. The van der Waals surface area contributed by atoms with Gasteiger partial charge in [-0.2, -0.15) is 0 Å². The lowest BCUT2D eigenvalue weighted by atomic mass is 10.0. The van der Waals surface area contributed by atoms with Gasteiger partial charge in [-0.05, 0) is 50.6 Å². The van der Waals surface area contributed by atoms with Gasteiger partial charge in [0.1, 0.15) is 0 Å². The predicted octanol–water partition coefficient (Wildman–Crippen LogP) is 4.08. The van der Waals surface area contributed by atoms with Crippen molar-refractivity contribution < 1.29 is 14.3 Å². The predicted molar refractivity (Wildman–Crippen MR) is 101 cm³/mol. The summed E-state index contributed by atoms with van der Waals surface area (Å²) in [5, 5.41) is 0. The Hall–Kier alpha value is -2.46. The van der Waals surface area contributed by atoms with Gasteiger partial charge in [0.25, 0.3) is 0 Å². The molecule has 0 unspecified atom stereocenters. The van der Waals surface area contributed by atoms with Crippen LogP contribution in [0.3, 0.4) is 0 Å². The van der Waals surface area contributed by atoms with Gasteiger partial charge in [-0.3, -0.25) is 9.69 Å². The van der Waals surface area contributed by atoms with Crippen LogP contribution in [0, 0.1) is 0 Å². The van der Waals surface area contributed by atoms with Crippen molar-refractivity contribution in [1.82, 2.24) is 4.90 Å². The molecule has 1 aliphatic rings. The van der Waals surface area contributed by atoms with Crippen molar-refractivity contribution in [2.24, 2.45) is 0 Å². The molecule has 3 rings (SSSR count). The summed E-state index contributed by atoms with van der Waals surface area (Å²) >= 11 is 0. The molecule has 0 bridgehead atoms. The summed E-state index contributed by atoms with van der Waals surface area (Å²) in [6.45, 7) is 5.37. The second-order valence-corrected chi connectivity index (χ2v) is 6.66. The number of hydrogen-bond donors (Lipinski definition) is 0. The Morgan fingerprint density at radius 3 is 1.96 bits per heavy atom. The van der Waals surface area contributed by atoms with Crippen LogP contribution in [0.2, 0.25) is 0 Å². The van der Waals surface area contributed by atoms with Crippen LogP contribution < -0.4 is 0 Å². The van der Waals surface area contributed by atoms with E-state index in [0.717, 1.165) is 19.6 Å². The molecule has 4 nitrogen and oxygen atoms in total. The molecule has 1 aliphatic heterocycles. The molecule has 0 aromatic heterocycles. The normalized spacial score (nSPS) is 14.8. The first-order valence-corrected chi connectivity index (χ1v) is 9.30. The molecule has 0 N–H and O–H groups in total. The van der Waals surface area contributed by atoms with Crippen LogP contribution in [-0.2, 0) is 11.3 Å². The minimum atomic E-state index is -0.367. The number of nitrogens with zero attached hydrogens (tertiary/aromatic N) is 1. The maximum atomic E-state index is 12.6. The minimum Gasteiger partial charge on any atom is -0.462 e. The Balaban J connectivity index is 1.64. The van der Waals surface area contributed by atoms with Crippen LogP contribution in [0.1, 0.15) is 58.0 Å². The summed E-state index contributed by atoms with van der Waals surface area (Å²) in [6, 6.07) is 14.5. The smallest absolute Gasteiger partial charge is 0.338 e. The van der Waals surface area contributed by atoms with Gasteiger partial charge in [0, 0.05) is 17.7 Å². The molecule has 0 atom stereocenters. The molecule has 0 saturated carbocycles. The second kappa shape index (κ2) is 8.77. The zero-order valence-corrected chi connectivity index (χ0v) is 15.2. The average Bonchev–Trinajstić information content (AvgIpc) is 2.69. The zero-order chi connectivity index (χ0) is 18.4. The van der Waals surface area contributed by atoms with Crippen molar-refractivity contribution in [2.75, 3.05) is 19.7 Å². The number of ether oxygens (including phenoxy) is 1. The number of benzene rings is 2. The van der Waals surface area contributed by atoms with E-state index in [2.05, 4.69) is 4.90 Å². The Morgan fingerprint density at radius 2 is 1.38 bits per heavy atom. The van der Waals surface area contributed by atoms with Crippen LogP contribution in [0.25, 0.3) is 0 Å². The third kappa shape index (κ3) is 4.58. The molecule has 0 amide bonds. The topological polar surface area (TPSA) is 46.6 Å². The second-order valence-electron chi connectivity index (χ2n) is 6.66. The molecule has 1 fully saturated rings. The first-order chi connectivity index (χ1) is 12.7. The molecule has 26 heavy (non-hydrogen) atoms. The van der Waals surface area contributed by atoms with Gasteiger partial charge >= 0.3 is 5.97 Å². The standard InChI is InChI=1S/C22H25NO3/c1-2-26-22(25)20-12-10-19(11-13-20)21(24)18-8-6-17(7-9-18)16-23-14-4-3-5-15-23/h6-13H,2-5,14-16H2,1H3. The number of piperidine rings is 1. The molecule has 136 valence electrons. The Kier molecular flexibility index (Phi) is 6.18. The van der Waals surface area contributed by atoms with Gasteiger partial charge < -0.3 is 4.74 Å². The van der Waals surface area contributed by atoms with Gasteiger partial charge in [-0.15, -0.1) is 0 Å². The van der Waals surface area contributed by atoms with Crippen LogP contribution in [0.15, 0.2) is 48.5 Å². The van der Waals surface area contributed by atoms with Gasteiger partial charge in [0.2, 0.25) is 0 Å². The number of hydrogen-bond acceptors (Lipinski definition) is 4. The summed E-state index contributed by atoms with van der Waals surface area (Å²) in [5.41, 5.74) is 2.93. The molecule has 0 spiro atoms. The average molecular weight is 351 g/mol. The summed E-state index contributed by atoms with van der Waals surface area (Å²) in [7, 11) is 0. The third-order valence-electron chi connectivity index (χ3n) is 4.73. The van der Waals surface area contributed by atoms with Gasteiger partial charge in [0.15, 0.2) is 5.78 Å². The fourth-order valence-corrected chi connectivity index (χ4v) is 3.28. The van der Waals surface area contributed by atoms with Crippen LogP contribution in [0.5, 0.6) is 0 Å². The van der Waals surface area contributed by atoms with E-state index in [1.807, 2.05) is 24.3 Å². The molecule has 0 aliphatic carbocycles. The zero-order valence-electron chi connectivity index (χ0n) is 15.2. The molecule has 1 saturated heterocycles. The van der Waals surface area contributed by atoms with Crippen molar-refractivity contribution in [3.63, 3.8) is 0 Å². The van der Waals surface area contributed by atoms with Crippen molar-refractivity contribution in [2.45, 2.75) is 32.7 Å². The molecule has 4 heteroatoms. The number of esters is 1. The molecular formula is C22H25NO3. The highest BCUT2D eigenvalue weighted by Crippen LogP contribution is 2.16. The number of carbonyl (C=O) groups is 2. The summed E-state index contributed by atoms with van der Waals surface area (Å²) in [5.74, 6) is -0.404. The van der Waals surface area contributed by atoms with Crippen LogP contribution in [-0.4, -0.2) is 36.3 Å². The summed E-state index contributed by atoms with van der Waals surface area (Å²) in [4.78, 5) is 26.8. The highest BCUT2D eigenvalue weighted by molar-refractivity contribution is 6.09. The molecular weight excluding hydrogens is 326 g/mol. The van der Waals surface area contributed by atoms with E-state index in [1.54, 1.807) is 31.2 Å². The number of carbonyl (C=O) groups excluding carboxylic acids is 2. The van der Waals surface area contributed by atoms with Gasteiger partial charge in [-0.1, -0.05) is 42.8 Å². The third-order valence-corrected chi connectivity index (χ3v) is 4.73. The quantitative estimate of drug-likeness (QED) is 0.581. The monoisotopic (exact) mass is 351 g/mol. The first-order valence-electron chi connectivity index (χ1n) is 9.30. The SMILES string of the molecule is CCOC(=O)c1ccc(C(=O)c2ccc(CN3CCCCC3)cc2)cc1. The van der Waals surface area contributed by atoms with E-state index in [-0.39, 0.29) is 11.8 Å². The minimum absolute atomic E-state index is 0.0371.